The first kappa shape index (κ1) is 12.5. The summed E-state index contributed by atoms with van der Waals surface area (Å²) in [5, 5.41) is 10.9. The lowest BCUT2D eigenvalue weighted by atomic mass is 10.2. The molecule has 2 aromatic rings. The van der Waals surface area contributed by atoms with Gasteiger partial charge in [0.1, 0.15) is 5.82 Å². The Morgan fingerprint density at radius 3 is 2.89 bits per heavy atom. The number of rotatable bonds is 4. The number of hydrogen-bond acceptors (Lipinski definition) is 5. The number of anilines is 1. The van der Waals surface area contributed by atoms with Crippen molar-refractivity contribution < 1.29 is 9.90 Å². The fourth-order valence-corrected chi connectivity index (χ4v) is 2.37. The van der Waals surface area contributed by atoms with Gasteiger partial charge < -0.3 is 10.0 Å². The highest BCUT2D eigenvalue weighted by Crippen LogP contribution is 2.26. The largest absolute Gasteiger partial charge is 0.476 e. The molecule has 0 saturated heterocycles. The van der Waals surface area contributed by atoms with Crippen molar-refractivity contribution in [3.8, 4) is 0 Å². The smallest absolute Gasteiger partial charge is 0.356 e. The maximum atomic E-state index is 10.9. The van der Waals surface area contributed by atoms with E-state index >= 15 is 0 Å². The van der Waals surface area contributed by atoms with Gasteiger partial charge in [0.2, 0.25) is 0 Å². The molecule has 6 heteroatoms. The molecule has 1 unspecified atom stereocenters. The van der Waals surface area contributed by atoms with Crippen molar-refractivity contribution in [2.45, 2.75) is 13.0 Å². The molecule has 0 aromatic carbocycles. The number of thiophene rings is 1. The highest BCUT2D eigenvalue weighted by atomic mass is 32.1. The molecule has 2 rings (SSSR count). The molecule has 0 aliphatic heterocycles. The summed E-state index contributed by atoms with van der Waals surface area (Å²) in [7, 11) is 1.88. The van der Waals surface area contributed by atoms with Crippen molar-refractivity contribution >= 4 is 23.1 Å². The molecule has 94 valence electrons. The number of nitrogens with zero attached hydrogens (tertiary/aromatic N) is 3. The number of aromatic nitrogens is 2. The molecule has 0 saturated carbocycles. The predicted octanol–water partition coefficient (Wildman–Crippen LogP) is 2.43. The van der Waals surface area contributed by atoms with Crippen LogP contribution in [0.2, 0.25) is 0 Å². The fraction of sp³-hybridized carbons (Fsp3) is 0.250. The topological polar surface area (TPSA) is 66.3 Å². The zero-order valence-corrected chi connectivity index (χ0v) is 10.9. The van der Waals surface area contributed by atoms with Crippen LogP contribution in [-0.2, 0) is 0 Å². The molecule has 2 heterocycles. The Morgan fingerprint density at radius 1 is 1.50 bits per heavy atom. The minimum atomic E-state index is -1.07. The highest BCUT2D eigenvalue weighted by molar-refractivity contribution is 7.10. The van der Waals surface area contributed by atoms with E-state index in [0.717, 1.165) is 0 Å². The quantitative estimate of drug-likeness (QED) is 0.917. The van der Waals surface area contributed by atoms with Gasteiger partial charge in [0, 0.05) is 11.9 Å². The van der Waals surface area contributed by atoms with E-state index in [2.05, 4.69) is 9.97 Å². The standard InChI is InChI=1S/C12H13N3O2S/c1-8(10-4-3-5-18-10)15(2)11-7-13-6-9(14-11)12(16)17/h3-8H,1-2H3,(H,16,17). The molecular formula is C12H13N3O2S. The molecule has 0 spiro atoms. The Balaban J connectivity index is 2.25. The van der Waals surface area contributed by atoms with Gasteiger partial charge in [-0.2, -0.15) is 0 Å². The van der Waals surface area contributed by atoms with Crippen LogP contribution in [0.1, 0.15) is 28.3 Å². The Hall–Kier alpha value is -1.95. The lowest BCUT2D eigenvalue weighted by Crippen LogP contribution is -2.22. The Bertz CT molecular complexity index is 542. The van der Waals surface area contributed by atoms with E-state index in [4.69, 9.17) is 5.11 Å². The Morgan fingerprint density at radius 2 is 2.28 bits per heavy atom. The van der Waals surface area contributed by atoms with Crippen LogP contribution in [0.5, 0.6) is 0 Å². The highest BCUT2D eigenvalue weighted by Gasteiger charge is 2.16. The van der Waals surface area contributed by atoms with Crippen molar-refractivity contribution in [2.24, 2.45) is 0 Å². The van der Waals surface area contributed by atoms with Gasteiger partial charge in [0.05, 0.1) is 18.4 Å². The molecule has 18 heavy (non-hydrogen) atoms. The maximum Gasteiger partial charge on any atom is 0.356 e. The first-order valence-electron chi connectivity index (χ1n) is 5.41. The van der Waals surface area contributed by atoms with E-state index in [9.17, 15) is 4.79 Å². The lowest BCUT2D eigenvalue weighted by molar-refractivity contribution is 0.0690. The van der Waals surface area contributed by atoms with Crippen LogP contribution in [0.25, 0.3) is 0 Å². The molecule has 0 fully saturated rings. The average Bonchev–Trinajstić information content (AvgIpc) is 2.91. The first-order chi connectivity index (χ1) is 8.59. The van der Waals surface area contributed by atoms with Crippen LogP contribution in [0.3, 0.4) is 0 Å². The van der Waals surface area contributed by atoms with Gasteiger partial charge in [0.15, 0.2) is 5.69 Å². The summed E-state index contributed by atoms with van der Waals surface area (Å²) >= 11 is 1.66. The van der Waals surface area contributed by atoms with Crippen molar-refractivity contribution in [1.29, 1.82) is 0 Å². The van der Waals surface area contributed by atoms with E-state index in [1.165, 1.54) is 11.1 Å². The summed E-state index contributed by atoms with van der Waals surface area (Å²) in [4.78, 5) is 21.9. The number of carboxylic acids is 1. The molecule has 0 bridgehead atoms. The molecule has 0 radical (unpaired) electrons. The normalized spacial score (nSPS) is 12.1. The second-order valence-corrected chi connectivity index (χ2v) is 4.85. The number of hydrogen-bond donors (Lipinski definition) is 1. The molecule has 0 aliphatic rings. The summed E-state index contributed by atoms with van der Waals surface area (Å²) in [6.45, 7) is 2.04. The SMILES string of the molecule is CC(c1cccs1)N(C)c1cncc(C(=O)O)n1. The van der Waals surface area contributed by atoms with Crippen LogP contribution in [0.15, 0.2) is 29.9 Å². The summed E-state index contributed by atoms with van der Waals surface area (Å²) < 4.78 is 0. The Labute approximate surface area is 109 Å². The molecule has 2 aromatic heterocycles. The monoisotopic (exact) mass is 263 g/mol. The third-order valence-electron chi connectivity index (χ3n) is 2.74. The van der Waals surface area contributed by atoms with E-state index in [1.54, 1.807) is 17.5 Å². The minimum absolute atomic E-state index is 0.0438. The van der Waals surface area contributed by atoms with Crippen LogP contribution < -0.4 is 4.90 Å². The van der Waals surface area contributed by atoms with Crippen molar-refractivity contribution in [3.63, 3.8) is 0 Å². The maximum absolute atomic E-state index is 10.9. The lowest BCUT2D eigenvalue weighted by Gasteiger charge is -2.24. The number of carbonyl (C=O) groups is 1. The summed E-state index contributed by atoms with van der Waals surface area (Å²) in [5.74, 6) is -0.516. The van der Waals surface area contributed by atoms with Crippen LogP contribution in [0, 0.1) is 0 Å². The van der Waals surface area contributed by atoms with Gasteiger partial charge in [-0.3, -0.25) is 4.98 Å². The van der Waals surface area contributed by atoms with Crippen LogP contribution in [0.4, 0.5) is 5.82 Å². The van der Waals surface area contributed by atoms with Crippen molar-refractivity contribution in [3.05, 3.63) is 40.5 Å². The first-order valence-corrected chi connectivity index (χ1v) is 6.29. The molecule has 0 aliphatic carbocycles. The third-order valence-corrected chi connectivity index (χ3v) is 3.78. The second-order valence-electron chi connectivity index (χ2n) is 3.87. The zero-order chi connectivity index (χ0) is 13.1. The van der Waals surface area contributed by atoms with Crippen molar-refractivity contribution in [1.82, 2.24) is 9.97 Å². The fourth-order valence-electron chi connectivity index (χ4n) is 1.55. The minimum Gasteiger partial charge on any atom is -0.476 e. The van der Waals surface area contributed by atoms with E-state index in [1.807, 2.05) is 36.4 Å². The molecular weight excluding hydrogens is 250 g/mol. The van der Waals surface area contributed by atoms with Gasteiger partial charge in [0.25, 0.3) is 0 Å². The third kappa shape index (κ3) is 2.48. The molecule has 1 N–H and O–H groups in total. The zero-order valence-electron chi connectivity index (χ0n) is 10.1. The van der Waals surface area contributed by atoms with Crippen molar-refractivity contribution in [2.75, 3.05) is 11.9 Å². The summed E-state index contributed by atoms with van der Waals surface area (Å²) in [6, 6.07) is 4.16. The van der Waals surface area contributed by atoms with E-state index < -0.39 is 5.97 Å². The van der Waals surface area contributed by atoms with Gasteiger partial charge in [-0.05, 0) is 18.4 Å². The second kappa shape index (κ2) is 5.14. The molecule has 1 atom stereocenters. The van der Waals surface area contributed by atoms with E-state index in [-0.39, 0.29) is 11.7 Å². The summed E-state index contributed by atoms with van der Waals surface area (Å²) in [5.41, 5.74) is -0.0438. The van der Waals surface area contributed by atoms with Gasteiger partial charge in [-0.25, -0.2) is 9.78 Å². The Kier molecular flexibility index (Phi) is 3.57. The summed E-state index contributed by atoms with van der Waals surface area (Å²) in [6.07, 6.45) is 2.81. The van der Waals surface area contributed by atoms with Crippen LogP contribution in [-0.4, -0.2) is 28.1 Å². The predicted molar refractivity (Wildman–Crippen MR) is 70.1 cm³/mol. The van der Waals surface area contributed by atoms with Gasteiger partial charge in [-0.15, -0.1) is 11.3 Å². The number of aromatic carboxylic acids is 1. The van der Waals surface area contributed by atoms with Gasteiger partial charge in [-0.1, -0.05) is 6.07 Å². The number of carboxylic acid groups (broad SMARTS) is 1. The van der Waals surface area contributed by atoms with E-state index in [0.29, 0.717) is 5.82 Å². The van der Waals surface area contributed by atoms with Crippen LogP contribution >= 0.6 is 11.3 Å². The molecule has 0 amide bonds. The molecule has 5 nitrogen and oxygen atoms in total. The van der Waals surface area contributed by atoms with Gasteiger partial charge >= 0.3 is 5.97 Å². The average molecular weight is 263 g/mol.